The quantitative estimate of drug-likeness (QED) is 0.310. The number of nitrogens with zero attached hydrogens (tertiary/aromatic N) is 3. The summed E-state index contributed by atoms with van der Waals surface area (Å²) in [4.78, 5) is 6.99. The van der Waals surface area contributed by atoms with Gasteiger partial charge in [0.25, 0.3) is 5.01 Å². The van der Waals surface area contributed by atoms with Crippen LogP contribution < -0.4 is 9.47 Å². The molecule has 3 aromatic rings. The van der Waals surface area contributed by atoms with E-state index in [0.717, 1.165) is 35.8 Å². The van der Waals surface area contributed by atoms with Crippen LogP contribution in [0.3, 0.4) is 0 Å². The Hall–Kier alpha value is -1.26. The summed E-state index contributed by atoms with van der Waals surface area (Å²) in [6, 6.07) is 5.65. The third kappa shape index (κ3) is 4.07. The third-order valence-corrected chi connectivity index (χ3v) is 11.1. The Kier molecular flexibility index (Phi) is 6.46. The number of thioether (sulfide) groups is 2. The Balaban J connectivity index is 1.45. The first-order chi connectivity index (χ1) is 15.5. The Morgan fingerprint density at radius 2 is 2.03 bits per heavy atom. The molecule has 1 saturated heterocycles. The molecule has 0 saturated carbocycles. The summed E-state index contributed by atoms with van der Waals surface area (Å²) in [7, 11) is 2.09. The van der Waals surface area contributed by atoms with E-state index < -0.39 is 0 Å². The molecule has 0 N–H and O–H groups in total. The van der Waals surface area contributed by atoms with Gasteiger partial charge in [0.05, 0.1) is 37.5 Å². The zero-order valence-corrected chi connectivity index (χ0v) is 22.7. The Morgan fingerprint density at radius 1 is 1.19 bits per heavy atom. The number of aromatic nitrogens is 1. The number of thiazole rings is 1. The van der Waals surface area contributed by atoms with Crippen molar-refractivity contribution in [1.29, 1.82) is 0 Å². The Morgan fingerprint density at radius 3 is 2.78 bits per heavy atom. The molecule has 0 atom stereocenters. The van der Waals surface area contributed by atoms with E-state index in [-0.39, 0.29) is 5.82 Å². The number of benzene rings is 1. The minimum absolute atomic E-state index is 0.134. The summed E-state index contributed by atoms with van der Waals surface area (Å²) in [5, 5.41) is 7.99. The van der Waals surface area contributed by atoms with Gasteiger partial charge < -0.3 is 9.80 Å². The van der Waals surface area contributed by atoms with Crippen LogP contribution in [0.2, 0.25) is 0 Å². The highest BCUT2D eigenvalue weighted by Gasteiger charge is 2.32. The summed E-state index contributed by atoms with van der Waals surface area (Å²) in [6.45, 7) is 6.76. The molecule has 32 heavy (non-hydrogen) atoms. The second-order valence-electron chi connectivity index (χ2n) is 7.60. The van der Waals surface area contributed by atoms with Crippen molar-refractivity contribution in [2.45, 2.75) is 25.3 Å². The van der Waals surface area contributed by atoms with Crippen LogP contribution in [0.25, 0.3) is 6.08 Å². The summed E-state index contributed by atoms with van der Waals surface area (Å²) in [5.41, 5.74) is 3.13. The summed E-state index contributed by atoms with van der Waals surface area (Å²) < 4.78 is 17.6. The highest BCUT2D eigenvalue weighted by molar-refractivity contribution is 9.11. The molecular weight excluding hydrogens is 545 g/mol. The molecule has 2 aromatic heterocycles. The van der Waals surface area contributed by atoms with Gasteiger partial charge in [-0.25, -0.2) is 4.39 Å². The van der Waals surface area contributed by atoms with E-state index in [4.69, 9.17) is 0 Å². The number of thiophene rings is 1. The van der Waals surface area contributed by atoms with E-state index in [9.17, 15) is 4.39 Å². The Labute approximate surface area is 212 Å². The van der Waals surface area contributed by atoms with Crippen LogP contribution in [0, 0.1) is 12.7 Å². The van der Waals surface area contributed by atoms with Crippen LogP contribution in [0.1, 0.15) is 23.1 Å². The fraction of sp³-hybridized carbons (Fsp3) is 0.261. The van der Waals surface area contributed by atoms with Crippen LogP contribution in [-0.2, 0) is 6.54 Å². The van der Waals surface area contributed by atoms with Gasteiger partial charge in [0.1, 0.15) is 5.82 Å². The van der Waals surface area contributed by atoms with Crippen molar-refractivity contribution in [3.8, 4) is 0 Å². The van der Waals surface area contributed by atoms with Gasteiger partial charge in [0.2, 0.25) is 0 Å². The summed E-state index contributed by atoms with van der Waals surface area (Å²) in [6.07, 6.45) is 4.47. The first-order valence-electron chi connectivity index (χ1n) is 10.2. The number of hydrogen-bond donors (Lipinski definition) is 0. The molecule has 4 heterocycles. The first kappa shape index (κ1) is 22.5. The maximum absolute atomic E-state index is 14.1. The van der Waals surface area contributed by atoms with Gasteiger partial charge in [-0.3, -0.25) is 0 Å². The average Bonchev–Trinajstić information content (AvgIpc) is 3.55. The average molecular weight is 568 g/mol. The lowest BCUT2D eigenvalue weighted by molar-refractivity contribution is -0.685. The van der Waals surface area contributed by atoms with Crippen LogP contribution in [0.15, 0.2) is 58.8 Å². The van der Waals surface area contributed by atoms with Crippen LogP contribution in [-0.4, -0.2) is 25.0 Å². The van der Waals surface area contributed by atoms with Gasteiger partial charge in [-0.15, -0.1) is 11.3 Å². The predicted octanol–water partition coefficient (Wildman–Crippen LogP) is 7.13. The second-order valence-corrected chi connectivity index (χ2v) is 12.9. The highest BCUT2D eigenvalue weighted by Crippen LogP contribution is 2.52. The smallest absolute Gasteiger partial charge is 0.264 e. The monoisotopic (exact) mass is 566 g/mol. The number of halogens is 2. The summed E-state index contributed by atoms with van der Waals surface area (Å²) >= 11 is 10.7. The van der Waals surface area contributed by atoms with Crippen LogP contribution in [0.5, 0.6) is 0 Å². The molecule has 3 nitrogen and oxygen atoms in total. The number of fused-ring (bicyclic) bond motifs is 1. The number of hydrogen-bond acceptors (Lipinski definition) is 6. The molecular formula is C23H22BrFN3S4+. The maximum Gasteiger partial charge on any atom is 0.264 e. The largest absolute Gasteiger partial charge is 0.361 e. The predicted molar refractivity (Wildman–Crippen MR) is 141 cm³/mol. The molecule has 0 spiro atoms. The topological polar surface area (TPSA) is 10.4 Å². The fourth-order valence-electron chi connectivity index (χ4n) is 3.82. The van der Waals surface area contributed by atoms with Crippen molar-refractivity contribution in [1.82, 2.24) is 4.90 Å². The second kappa shape index (κ2) is 9.18. The highest BCUT2D eigenvalue weighted by atomic mass is 79.9. The molecule has 0 bridgehead atoms. The lowest BCUT2D eigenvalue weighted by atomic mass is 10.2. The number of likely N-dealkylation sites (N-methyl/N-ethyl adjacent to an activating group) is 1. The Bertz CT molecular complexity index is 1250. The van der Waals surface area contributed by atoms with E-state index >= 15 is 0 Å². The minimum Gasteiger partial charge on any atom is -0.361 e. The summed E-state index contributed by atoms with van der Waals surface area (Å²) in [5.74, 6) is -0.134. The van der Waals surface area contributed by atoms with E-state index in [1.165, 1.54) is 29.3 Å². The van der Waals surface area contributed by atoms with E-state index in [1.54, 1.807) is 40.5 Å². The maximum atomic E-state index is 14.1. The van der Waals surface area contributed by atoms with E-state index in [0.29, 0.717) is 0 Å². The molecule has 2 aliphatic heterocycles. The SMILES string of the molecule is CCN1CC(=C2Sc3c(ccc(F)c3C)N2C)SC1=Cc1scc[n+]1Cc1ccsc1Br. The van der Waals surface area contributed by atoms with Crippen molar-refractivity contribution >= 4 is 73.9 Å². The zero-order chi connectivity index (χ0) is 22.4. The minimum atomic E-state index is -0.134. The van der Waals surface area contributed by atoms with Gasteiger partial charge in [-0.05, 0) is 53.4 Å². The molecule has 0 aliphatic carbocycles. The standard InChI is InChI=1S/C23H22BrFN3S4/c1-4-27-13-18(23-26(3)17-6-5-16(25)14(2)21(17)32-23)31-20(27)11-19-28(8-10-29-19)12-15-7-9-30-22(15)24/h5-11H,4,12-13H2,1-3H3/q+1. The molecule has 166 valence electrons. The molecule has 0 amide bonds. The molecule has 5 rings (SSSR count). The van der Waals surface area contributed by atoms with Gasteiger partial charge in [0, 0.05) is 34.5 Å². The van der Waals surface area contributed by atoms with Crippen LogP contribution >= 0.6 is 62.1 Å². The van der Waals surface area contributed by atoms with Crippen molar-refractivity contribution < 1.29 is 8.96 Å². The lowest BCUT2D eigenvalue weighted by Crippen LogP contribution is -2.34. The van der Waals surface area contributed by atoms with Gasteiger partial charge in [0.15, 0.2) is 12.7 Å². The fourth-order valence-corrected chi connectivity index (χ4v) is 8.51. The van der Waals surface area contributed by atoms with Gasteiger partial charge >= 0.3 is 0 Å². The van der Waals surface area contributed by atoms with Crippen molar-refractivity contribution in [3.05, 3.63) is 75.9 Å². The number of rotatable bonds is 4. The molecule has 1 aromatic carbocycles. The van der Waals surface area contributed by atoms with Crippen molar-refractivity contribution in [2.75, 3.05) is 25.0 Å². The van der Waals surface area contributed by atoms with Gasteiger partial charge in [-0.1, -0.05) is 34.9 Å². The molecule has 1 fully saturated rings. The van der Waals surface area contributed by atoms with E-state index in [1.807, 2.05) is 24.8 Å². The third-order valence-electron chi connectivity index (χ3n) is 5.67. The number of anilines is 1. The van der Waals surface area contributed by atoms with Gasteiger partial charge in [-0.2, -0.15) is 4.57 Å². The molecule has 0 radical (unpaired) electrons. The molecule has 0 unspecified atom stereocenters. The van der Waals surface area contributed by atoms with Crippen LogP contribution in [0.4, 0.5) is 10.1 Å². The molecule has 2 aliphatic rings. The van der Waals surface area contributed by atoms with E-state index in [2.05, 4.69) is 73.4 Å². The zero-order valence-electron chi connectivity index (χ0n) is 17.9. The van der Waals surface area contributed by atoms with Crippen molar-refractivity contribution in [3.63, 3.8) is 0 Å². The normalized spacial score (nSPS) is 19.5. The lowest BCUT2D eigenvalue weighted by Gasteiger charge is -2.16. The first-order valence-corrected chi connectivity index (χ1v) is 14.4. The van der Waals surface area contributed by atoms with Crippen molar-refractivity contribution in [2.24, 2.45) is 0 Å². The molecule has 9 heteroatoms.